The fourth-order valence-electron chi connectivity index (χ4n) is 1.96. The third-order valence-electron chi connectivity index (χ3n) is 3.15. The first kappa shape index (κ1) is 10.9. The van der Waals surface area contributed by atoms with E-state index in [-0.39, 0.29) is 0 Å². The Morgan fingerprint density at radius 2 is 1.81 bits per heavy atom. The van der Waals surface area contributed by atoms with Crippen molar-refractivity contribution in [2.45, 2.75) is 13.8 Å². The van der Waals surface area contributed by atoms with Gasteiger partial charge in [-0.15, -0.1) is 0 Å². The zero-order valence-corrected chi connectivity index (χ0v) is 9.93. The molecule has 2 unspecified atom stereocenters. The Morgan fingerprint density at radius 1 is 1.06 bits per heavy atom. The molecular formula is C16H18. The molecule has 0 nitrogen and oxygen atoms in total. The van der Waals surface area contributed by atoms with E-state index in [2.05, 4.69) is 74.6 Å². The zero-order chi connectivity index (χ0) is 11.4. The third-order valence-corrected chi connectivity index (χ3v) is 3.15. The molecule has 0 aromatic heterocycles. The van der Waals surface area contributed by atoms with Gasteiger partial charge in [-0.25, -0.2) is 0 Å². The molecule has 16 heavy (non-hydrogen) atoms. The first-order chi connectivity index (χ1) is 7.77. The summed E-state index contributed by atoms with van der Waals surface area (Å²) in [5, 5.41) is 0. The molecule has 0 saturated carbocycles. The van der Waals surface area contributed by atoms with Crippen LogP contribution in [0.2, 0.25) is 0 Å². The summed E-state index contributed by atoms with van der Waals surface area (Å²) in [4.78, 5) is 0. The molecule has 0 aliphatic heterocycles. The SMILES string of the molecule is Cc1ccccc1/C=C/C1C=CC=CC1C. The average Bonchev–Trinajstić information content (AvgIpc) is 2.30. The smallest absolute Gasteiger partial charge is 0.00133 e. The summed E-state index contributed by atoms with van der Waals surface area (Å²) in [6.07, 6.45) is 13.3. The van der Waals surface area contributed by atoms with E-state index < -0.39 is 0 Å². The van der Waals surface area contributed by atoms with Gasteiger partial charge in [0.25, 0.3) is 0 Å². The fraction of sp³-hybridized carbons (Fsp3) is 0.250. The number of rotatable bonds is 2. The summed E-state index contributed by atoms with van der Waals surface area (Å²) in [5.74, 6) is 1.13. The number of aryl methyl sites for hydroxylation is 1. The van der Waals surface area contributed by atoms with Gasteiger partial charge in [-0.1, -0.05) is 67.6 Å². The topological polar surface area (TPSA) is 0 Å². The molecule has 0 heterocycles. The number of benzene rings is 1. The average molecular weight is 210 g/mol. The predicted octanol–water partition coefficient (Wildman–Crippen LogP) is 4.39. The minimum atomic E-state index is 0.532. The van der Waals surface area contributed by atoms with Crippen LogP contribution in [0.5, 0.6) is 0 Å². The maximum Gasteiger partial charge on any atom is 0.00133 e. The molecule has 0 fully saturated rings. The minimum absolute atomic E-state index is 0.532. The monoisotopic (exact) mass is 210 g/mol. The standard InChI is InChI=1S/C16H18/c1-13-7-3-5-9-15(13)11-12-16-10-6-4-8-14(16)2/h3-13,15H,1-2H3/b12-11+. The molecule has 1 aromatic carbocycles. The van der Waals surface area contributed by atoms with Crippen LogP contribution in [0.3, 0.4) is 0 Å². The van der Waals surface area contributed by atoms with Gasteiger partial charge in [0.1, 0.15) is 0 Å². The van der Waals surface area contributed by atoms with Crippen molar-refractivity contribution in [3.63, 3.8) is 0 Å². The largest absolute Gasteiger partial charge is 0.0808 e. The van der Waals surface area contributed by atoms with Gasteiger partial charge in [-0.2, -0.15) is 0 Å². The maximum absolute atomic E-state index is 2.30. The molecule has 0 saturated heterocycles. The zero-order valence-electron chi connectivity index (χ0n) is 9.93. The summed E-state index contributed by atoms with van der Waals surface area (Å²) in [5.41, 5.74) is 2.65. The Balaban J connectivity index is 2.13. The molecule has 1 aromatic rings. The maximum atomic E-state index is 2.30. The normalized spacial score (nSPS) is 24.1. The van der Waals surface area contributed by atoms with Crippen LogP contribution in [-0.2, 0) is 0 Å². The van der Waals surface area contributed by atoms with Crippen LogP contribution in [0.4, 0.5) is 0 Å². The molecule has 1 aliphatic carbocycles. The third kappa shape index (κ3) is 2.52. The van der Waals surface area contributed by atoms with Crippen LogP contribution in [0.25, 0.3) is 6.08 Å². The highest BCUT2D eigenvalue weighted by atomic mass is 14.1. The van der Waals surface area contributed by atoms with Crippen molar-refractivity contribution < 1.29 is 0 Å². The molecule has 0 bridgehead atoms. The van der Waals surface area contributed by atoms with Crippen molar-refractivity contribution in [3.8, 4) is 0 Å². The lowest BCUT2D eigenvalue weighted by Crippen LogP contribution is -2.05. The van der Waals surface area contributed by atoms with Crippen molar-refractivity contribution in [2.75, 3.05) is 0 Å². The summed E-state index contributed by atoms with van der Waals surface area (Å²) in [6.45, 7) is 4.41. The minimum Gasteiger partial charge on any atom is -0.0808 e. The molecule has 0 amide bonds. The van der Waals surface area contributed by atoms with Gasteiger partial charge >= 0.3 is 0 Å². The van der Waals surface area contributed by atoms with Gasteiger partial charge in [0.05, 0.1) is 0 Å². The van der Waals surface area contributed by atoms with Crippen LogP contribution in [0.1, 0.15) is 18.1 Å². The molecule has 1 aliphatic rings. The van der Waals surface area contributed by atoms with E-state index in [1.54, 1.807) is 0 Å². The van der Waals surface area contributed by atoms with Crippen LogP contribution in [0.15, 0.2) is 54.6 Å². The molecule has 0 spiro atoms. The van der Waals surface area contributed by atoms with E-state index in [0.29, 0.717) is 11.8 Å². The van der Waals surface area contributed by atoms with Crippen LogP contribution in [-0.4, -0.2) is 0 Å². The summed E-state index contributed by atoms with van der Waals surface area (Å²) >= 11 is 0. The van der Waals surface area contributed by atoms with Gasteiger partial charge in [-0.3, -0.25) is 0 Å². The van der Waals surface area contributed by atoms with Crippen LogP contribution >= 0.6 is 0 Å². The van der Waals surface area contributed by atoms with E-state index in [0.717, 1.165) is 0 Å². The summed E-state index contributed by atoms with van der Waals surface area (Å²) < 4.78 is 0. The van der Waals surface area contributed by atoms with Crippen molar-refractivity contribution in [1.82, 2.24) is 0 Å². The Hall–Kier alpha value is -1.56. The lowest BCUT2D eigenvalue weighted by Gasteiger charge is -2.16. The van der Waals surface area contributed by atoms with Crippen molar-refractivity contribution in [1.29, 1.82) is 0 Å². The molecule has 0 N–H and O–H groups in total. The van der Waals surface area contributed by atoms with E-state index in [4.69, 9.17) is 0 Å². The highest BCUT2D eigenvalue weighted by molar-refractivity contribution is 5.54. The number of hydrogen-bond acceptors (Lipinski definition) is 0. The Morgan fingerprint density at radius 3 is 2.56 bits per heavy atom. The first-order valence-electron chi connectivity index (χ1n) is 5.86. The fourth-order valence-corrected chi connectivity index (χ4v) is 1.96. The molecule has 2 rings (SSSR count). The molecule has 0 heteroatoms. The number of hydrogen-bond donors (Lipinski definition) is 0. The second-order valence-corrected chi connectivity index (χ2v) is 4.42. The summed E-state index contributed by atoms with van der Waals surface area (Å²) in [7, 11) is 0. The van der Waals surface area contributed by atoms with Gasteiger partial charge < -0.3 is 0 Å². The van der Waals surface area contributed by atoms with Crippen molar-refractivity contribution in [3.05, 3.63) is 65.8 Å². The second kappa shape index (κ2) is 4.98. The molecule has 2 atom stereocenters. The summed E-state index contributed by atoms with van der Waals surface area (Å²) in [6, 6.07) is 8.49. The van der Waals surface area contributed by atoms with E-state index in [1.165, 1.54) is 11.1 Å². The van der Waals surface area contributed by atoms with E-state index >= 15 is 0 Å². The first-order valence-corrected chi connectivity index (χ1v) is 5.86. The molecule has 82 valence electrons. The highest BCUT2D eigenvalue weighted by Crippen LogP contribution is 2.21. The lowest BCUT2D eigenvalue weighted by molar-refractivity contribution is 0.607. The van der Waals surface area contributed by atoms with E-state index in [9.17, 15) is 0 Å². The van der Waals surface area contributed by atoms with Crippen molar-refractivity contribution in [2.24, 2.45) is 11.8 Å². The lowest BCUT2D eigenvalue weighted by atomic mass is 9.89. The van der Waals surface area contributed by atoms with Crippen LogP contribution in [0, 0.1) is 18.8 Å². The van der Waals surface area contributed by atoms with Gasteiger partial charge in [0.2, 0.25) is 0 Å². The Bertz CT molecular complexity index is 435. The van der Waals surface area contributed by atoms with Crippen LogP contribution < -0.4 is 0 Å². The van der Waals surface area contributed by atoms with Gasteiger partial charge in [-0.05, 0) is 24.0 Å². The molecular weight excluding hydrogens is 192 g/mol. The predicted molar refractivity (Wildman–Crippen MR) is 71.1 cm³/mol. The number of allylic oxidation sites excluding steroid dienone is 5. The highest BCUT2D eigenvalue weighted by Gasteiger charge is 2.09. The van der Waals surface area contributed by atoms with Gasteiger partial charge in [0, 0.05) is 5.92 Å². The van der Waals surface area contributed by atoms with E-state index in [1.807, 2.05) is 0 Å². The quantitative estimate of drug-likeness (QED) is 0.679. The second-order valence-electron chi connectivity index (χ2n) is 4.42. The van der Waals surface area contributed by atoms with Crippen molar-refractivity contribution >= 4 is 6.08 Å². The Labute approximate surface area is 98.0 Å². The van der Waals surface area contributed by atoms with Gasteiger partial charge in [0.15, 0.2) is 0 Å². The Kier molecular flexibility index (Phi) is 3.40. The molecule has 0 radical (unpaired) electrons.